The summed E-state index contributed by atoms with van der Waals surface area (Å²) in [6.07, 6.45) is 1.38. The fourth-order valence-corrected chi connectivity index (χ4v) is 1.69. The van der Waals surface area contributed by atoms with Crippen molar-refractivity contribution in [2.45, 2.75) is 0 Å². The zero-order valence-electron chi connectivity index (χ0n) is 8.11. The third-order valence-electron chi connectivity index (χ3n) is 2.00. The lowest BCUT2D eigenvalue weighted by Gasteiger charge is -2.08. The van der Waals surface area contributed by atoms with Crippen LogP contribution in [0.4, 0.5) is 5.82 Å². The summed E-state index contributed by atoms with van der Waals surface area (Å²) in [7, 11) is 0. The Kier molecular flexibility index (Phi) is 3.00. The highest BCUT2D eigenvalue weighted by molar-refractivity contribution is 9.10. The number of anilines is 1. The predicted molar refractivity (Wildman–Crippen MR) is 60.7 cm³/mol. The van der Waals surface area contributed by atoms with Gasteiger partial charge in [0.15, 0.2) is 0 Å². The van der Waals surface area contributed by atoms with Crippen molar-refractivity contribution in [2.24, 2.45) is 0 Å². The summed E-state index contributed by atoms with van der Waals surface area (Å²) < 4.78 is 0.881. The van der Waals surface area contributed by atoms with Gasteiger partial charge in [0.1, 0.15) is 12.1 Å². The molecule has 0 unspecified atom stereocenters. The van der Waals surface area contributed by atoms with E-state index in [1.165, 1.54) is 6.33 Å². The molecule has 16 heavy (non-hydrogen) atoms. The number of halogens is 1. The number of carboxylic acid groups (broad SMARTS) is 1. The quantitative estimate of drug-likeness (QED) is 0.889. The molecule has 1 aromatic heterocycles. The summed E-state index contributed by atoms with van der Waals surface area (Å²) in [5.41, 5.74) is 0.749. The fraction of sp³-hybridized carbons (Fsp3) is 0.100. The number of nitrogens with zero attached hydrogens (tertiary/aromatic N) is 2. The first-order chi connectivity index (χ1) is 7.66. The third-order valence-corrected chi connectivity index (χ3v) is 2.49. The van der Waals surface area contributed by atoms with Gasteiger partial charge in [0.25, 0.3) is 0 Å². The number of fused-ring (bicyclic) bond motifs is 1. The second-order valence-electron chi connectivity index (χ2n) is 3.11. The van der Waals surface area contributed by atoms with Gasteiger partial charge in [0.2, 0.25) is 0 Å². The maximum Gasteiger partial charge on any atom is 0.137 e. The number of carbonyl (C=O) groups excluding carboxylic acids is 1. The van der Waals surface area contributed by atoms with Crippen molar-refractivity contribution in [2.75, 3.05) is 11.9 Å². The minimum absolute atomic E-state index is 0.279. The van der Waals surface area contributed by atoms with E-state index in [1.807, 2.05) is 18.2 Å². The largest absolute Gasteiger partial charge is 0.548 e. The molecule has 0 aliphatic carbocycles. The Balaban J connectivity index is 2.43. The number of hydrogen-bond acceptors (Lipinski definition) is 5. The van der Waals surface area contributed by atoms with Crippen LogP contribution in [0.3, 0.4) is 0 Å². The highest BCUT2D eigenvalue weighted by atomic mass is 79.9. The zero-order valence-corrected chi connectivity index (χ0v) is 9.69. The molecule has 0 bridgehead atoms. The first kappa shape index (κ1) is 10.8. The Morgan fingerprint density at radius 2 is 2.25 bits per heavy atom. The zero-order chi connectivity index (χ0) is 11.5. The fourth-order valence-electron chi connectivity index (χ4n) is 1.33. The minimum atomic E-state index is -1.18. The lowest BCUT2D eigenvalue weighted by Crippen LogP contribution is -2.30. The van der Waals surface area contributed by atoms with Crippen molar-refractivity contribution in [1.29, 1.82) is 0 Å². The number of rotatable bonds is 3. The highest BCUT2D eigenvalue weighted by Crippen LogP contribution is 2.22. The summed E-state index contributed by atoms with van der Waals surface area (Å²) >= 11 is 3.33. The van der Waals surface area contributed by atoms with Crippen molar-refractivity contribution in [3.05, 3.63) is 29.0 Å². The number of aromatic nitrogens is 2. The van der Waals surface area contributed by atoms with Gasteiger partial charge in [0, 0.05) is 9.86 Å². The molecule has 0 aliphatic rings. The molecule has 1 N–H and O–H groups in total. The Morgan fingerprint density at radius 3 is 3.00 bits per heavy atom. The van der Waals surface area contributed by atoms with E-state index in [4.69, 9.17) is 0 Å². The second kappa shape index (κ2) is 4.44. The molecule has 2 aromatic rings. The van der Waals surface area contributed by atoms with E-state index in [-0.39, 0.29) is 6.54 Å². The van der Waals surface area contributed by atoms with E-state index in [0.29, 0.717) is 5.82 Å². The second-order valence-corrected chi connectivity index (χ2v) is 4.02. The number of carbonyl (C=O) groups is 1. The van der Waals surface area contributed by atoms with E-state index >= 15 is 0 Å². The van der Waals surface area contributed by atoms with E-state index in [9.17, 15) is 9.90 Å². The number of benzene rings is 1. The van der Waals surface area contributed by atoms with Gasteiger partial charge in [-0.05, 0) is 18.2 Å². The van der Waals surface area contributed by atoms with Crippen molar-refractivity contribution in [3.8, 4) is 0 Å². The molecule has 0 atom stereocenters. The molecule has 6 heteroatoms. The van der Waals surface area contributed by atoms with Crippen LogP contribution in [0.5, 0.6) is 0 Å². The SMILES string of the molecule is O=C([O-])CNc1ncnc2ccc(Br)cc12. The summed E-state index contributed by atoms with van der Waals surface area (Å²) in [5.74, 6) is -0.697. The Bertz CT molecular complexity index is 545. The van der Waals surface area contributed by atoms with E-state index < -0.39 is 5.97 Å². The Morgan fingerprint density at radius 1 is 1.44 bits per heavy atom. The standard InChI is InChI=1S/C10H8BrN3O2/c11-6-1-2-8-7(3-6)10(14-5-13-8)12-4-9(15)16/h1-3,5H,4H2,(H,15,16)(H,12,13,14)/p-1. The summed E-state index contributed by atoms with van der Waals surface area (Å²) in [5, 5.41) is 13.8. The van der Waals surface area contributed by atoms with Crippen LogP contribution in [0, 0.1) is 0 Å². The van der Waals surface area contributed by atoms with Gasteiger partial charge in [-0.2, -0.15) is 0 Å². The molecule has 0 saturated carbocycles. The van der Waals surface area contributed by atoms with Crippen LogP contribution in [-0.2, 0) is 4.79 Å². The molecule has 0 amide bonds. The number of carboxylic acids is 1. The van der Waals surface area contributed by atoms with E-state index in [0.717, 1.165) is 15.4 Å². The lowest BCUT2D eigenvalue weighted by atomic mass is 10.2. The molecule has 0 aliphatic heterocycles. The normalized spacial score (nSPS) is 10.3. The van der Waals surface area contributed by atoms with Crippen molar-refractivity contribution in [1.82, 2.24) is 9.97 Å². The van der Waals surface area contributed by atoms with Crippen molar-refractivity contribution in [3.63, 3.8) is 0 Å². The van der Waals surface area contributed by atoms with Gasteiger partial charge in [-0.1, -0.05) is 15.9 Å². The average molecular weight is 281 g/mol. The highest BCUT2D eigenvalue weighted by Gasteiger charge is 2.03. The van der Waals surface area contributed by atoms with Crippen LogP contribution in [0.1, 0.15) is 0 Å². The first-order valence-electron chi connectivity index (χ1n) is 4.51. The van der Waals surface area contributed by atoms with Crippen molar-refractivity contribution >= 4 is 38.6 Å². The maximum atomic E-state index is 10.3. The molecule has 2 rings (SSSR count). The molecule has 82 valence electrons. The summed E-state index contributed by atoms with van der Waals surface area (Å²) in [4.78, 5) is 18.4. The smallest absolute Gasteiger partial charge is 0.137 e. The molecular weight excluding hydrogens is 274 g/mol. The van der Waals surface area contributed by atoms with Gasteiger partial charge in [-0.15, -0.1) is 0 Å². The lowest BCUT2D eigenvalue weighted by molar-refractivity contribution is -0.302. The van der Waals surface area contributed by atoms with Crippen molar-refractivity contribution < 1.29 is 9.90 Å². The molecule has 5 nitrogen and oxygen atoms in total. The van der Waals surface area contributed by atoms with Gasteiger partial charge in [-0.25, -0.2) is 9.97 Å². The van der Waals surface area contributed by atoms with Gasteiger partial charge >= 0.3 is 0 Å². The van der Waals surface area contributed by atoms with Crippen LogP contribution in [0.2, 0.25) is 0 Å². The van der Waals surface area contributed by atoms with Crippen LogP contribution < -0.4 is 10.4 Å². The molecule has 0 spiro atoms. The molecule has 0 saturated heterocycles. The number of aliphatic carboxylic acids is 1. The molecule has 1 aromatic carbocycles. The minimum Gasteiger partial charge on any atom is -0.548 e. The number of hydrogen-bond donors (Lipinski definition) is 1. The molecule has 1 heterocycles. The maximum absolute atomic E-state index is 10.3. The monoisotopic (exact) mass is 280 g/mol. The van der Waals surface area contributed by atoms with Gasteiger partial charge in [-0.3, -0.25) is 0 Å². The van der Waals surface area contributed by atoms with E-state index in [2.05, 4.69) is 31.2 Å². The van der Waals surface area contributed by atoms with Crippen LogP contribution in [0.15, 0.2) is 29.0 Å². The van der Waals surface area contributed by atoms with Crippen LogP contribution >= 0.6 is 15.9 Å². The first-order valence-corrected chi connectivity index (χ1v) is 5.30. The Hall–Kier alpha value is -1.69. The van der Waals surface area contributed by atoms with Gasteiger partial charge < -0.3 is 15.2 Å². The Labute approximate surface area is 99.7 Å². The molecule has 0 fully saturated rings. The average Bonchev–Trinajstić information content (AvgIpc) is 2.26. The number of nitrogens with one attached hydrogen (secondary N) is 1. The summed E-state index contributed by atoms with van der Waals surface area (Å²) in [6.45, 7) is -0.279. The topological polar surface area (TPSA) is 77.9 Å². The van der Waals surface area contributed by atoms with Crippen LogP contribution in [0.25, 0.3) is 10.9 Å². The van der Waals surface area contributed by atoms with E-state index in [1.54, 1.807) is 0 Å². The summed E-state index contributed by atoms with van der Waals surface area (Å²) in [6, 6.07) is 5.51. The molecular formula is C10H7BrN3O2-. The molecule has 0 radical (unpaired) electrons. The van der Waals surface area contributed by atoms with Gasteiger partial charge in [0.05, 0.1) is 18.0 Å². The predicted octanol–water partition coefficient (Wildman–Crippen LogP) is 0.554. The van der Waals surface area contributed by atoms with Crippen LogP contribution in [-0.4, -0.2) is 22.5 Å². The third kappa shape index (κ3) is 2.27.